The van der Waals surface area contributed by atoms with Gasteiger partial charge in [-0.05, 0) is 31.4 Å². The zero-order valence-electron chi connectivity index (χ0n) is 15.1. The summed E-state index contributed by atoms with van der Waals surface area (Å²) in [6.45, 7) is 5.26. The van der Waals surface area contributed by atoms with Gasteiger partial charge in [-0.3, -0.25) is 4.79 Å². The Bertz CT molecular complexity index is 599. The lowest BCUT2D eigenvalue weighted by Gasteiger charge is -2.23. The van der Waals surface area contributed by atoms with Gasteiger partial charge in [0.05, 0.1) is 10.9 Å². The van der Waals surface area contributed by atoms with Crippen LogP contribution < -0.4 is 10.6 Å². The fraction of sp³-hybridized carbons (Fsp3) is 0.579. The highest BCUT2D eigenvalue weighted by molar-refractivity contribution is 7.16. The van der Waals surface area contributed by atoms with E-state index in [9.17, 15) is 9.59 Å². The molecule has 5 nitrogen and oxygen atoms in total. The molecule has 1 saturated carbocycles. The summed E-state index contributed by atoms with van der Waals surface area (Å²) >= 11 is 7.43. The highest BCUT2D eigenvalue weighted by Gasteiger charge is 2.16. The zero-order chi connectivity index (χ0) is 18.8. The van der Waals surface area contributed by atoms with Crippen molar-refractivity contribution >= 4 is 34.9 Å². The van der Waals surface area contributed by atoms with Gasteiger partial charge in [-0.1, -0.05) is 36.9 Å². The van der Waals surface area contributed by atoms with Crippen LogP contribution in [0.25, 0.3) is 0 Å². The van der Waals surface area contributed by atoms with E-state index in [4.69, 9.17) is 11.6 Å². The number of nitrogens with zero attached hydrogens (tertiary/aromatic N) is 1. The van der Waals surface area contributed by atoms with Gasteiger partial charge in [-0.2, -0.15) is 0 Å². The number of hydrogen-bond donors (Lipinski definition) is 2. The van der Waals surface area contributed by atoms with Crippen molar-refractivity contribution in [1.82, 2.24) is 15.5 Å². The lowest BCUT2D eigenvalue weighted by Crippen LogP contribution is -2.43. The molecule has 2 N–H and O–H groups in total. The molecule has 26 heavy (non-hydrogen) atoms. The maximum absolute atomic E-state index is 12.4. The summed E-state index contributed by atoms with van der Waals surface area (Å²) in [7, 11) is 0. The van der Waals surface area contributed by atoms with Gasteiger partial charge in [0.1, 0.15) is 0 Å². The van der Waals surface area contributed by atoms with E-state index in [0.717, 1.165) is 22.1 Å². The van der Waals surface area contributed by atoms with Crippen molar-refractivity contribution in [3.63, 3.8) is 0 Å². The smallest absolute Gasteiger partial charge is 0.315 e. The van der Waals surface area contributed by atoms with E-state index in [1.807, 2.05) is 12.1 Å². The maximum Gasteiger partial charge on any atom is 0.315 e. The maximum atomic E-state index is 12.4. The van der Waals surface area contributed by atoms with E-state index in [-0.39, 0.29) is 11.9 Å². The molecule has 0 radical (unpaired) electrons. The summed E-state index contributed by atoms with van der Waals surface area (Å²) in [4.78, 5) is 27.1. The second-order valence-corrected chi connectivity index (χ2v) is 8.41. The number of urea groups is 1. The summed E-state index contributed by atoms with van der Waals surface area (Å²) in [6, 6.07) is 3.95. The van der Waals surface area contributed by atoms with Crippen LogP contribution >= 0.6 is 22.9 Å². The van der Waals surface area contributed by atoms with E-state index in [1.165, 1.54) is 30.6 Å². The van der Waals surface area contributed by atoms with E-state index in [1.54, 1.807) is 11.0 Å². The fourth-order valence-corrected chi connectivity index (χ4v) is 4.22. The number of carbonyl (C=O) groups is 2. The molecule has 1 aliphatic carbocycles. The molecule has 144 valence electrons. The normalized spacial score (nSPS) is 14.7. The molecular weight excluding hydrogens is 370 g/mol. The highest BCUT2D eigenvalue weighted by atomic mass is 35.5. The molecule has 1 aromatic heterocycles. The standard InChI is InChI=1S/C19H28ClN3O2S/c1-2-13-23(14-16-10-11-17(20)26-16)18(24)9-6-12-21-19(25)22-15-7-4-3-5-8-15/h2,10-11,15H,1,3-9,12-14H2,(H2,21,22,25). The van der Waals surface area contributed by atoms with Crippen LogP contribution in [-0.4, -0.2) is 36.0 Å². The molecule has 0 saturated heterocycles. The molecular formula is C19H28ClN3O2S. The summed E-state index contributed by atoms with van der Waals surface area (Å²) in [6.07, 6.45) is 8.52. The number of nitrogens with one attached hydrogen (secondary N) is 2. The van der Waals surface area contributed by atoms with Gasteiger partial charge in [0, 0.05) is 30.4 Å². The van der Waals surface area contributed by atoms with Crippen LogP contribution in [0.2, 0.25) is 4.34 Å². The van der Waals surface area contributed by atoms with E-state index in [2.05, 4.69) is 17.2 Å². The molecule has 1 heterocycles. The van der Waals surface area contributed by atoms with Crippen LogP contribution in [0.15, 0.2) is 24.8 Å². The molecule has 2 rings (SSSR count). The predicted molar refractivity (Wildman–Crippen MR) is 108 cm³/mol. The first-order chi connectivity index (χ1) is 12.6. The Balaban J connectivity index is 1.66. The summed E-state index contributed by atoms with van der Waals surface area (Å²) < 4.78 is 0.721. The van der Waals surface area contributed by atoms with Crippen LogP contribution in [0, 0.1) is 0 Å². The molecule has 0 spiro atoms. The third-order valence-corrected chi connectivity index (χ3v) is 5.69. The Morgan fingerprint density at radius 3 is 2.73 bits per heavy atom. The molecule has 7 heteroatoms. The second kappa shape index (κ2) is 11.2. The fourth-order valence-electron chi connectivity index (χ4n) is 3.12. The average Bonchev–Trinajstić information content (AvgIpc) is 3.04. The summed E-state index contributed by atoms with van der Waals surface area (Å²) in [5.41, 5.74) is 0. The van der Waals surface area contributed by atoms with Crippen molar-refractivity contribution in [1.29, 1.82) is 0 Å². The number of halogens is 1. The number of thiophene rings is 1. The van der Waals surface area contributed by atoms with Crippen LogP contribution in [0.1, 0.15) is 49.8 Å². The van der Waals surface area contributed by atoms with Crippen molar-refractivity contribution in [3.8, 4) is 0 Å². The van der Waals surface area contributed by atoms with Crippen molar-refractivity contribution in [3.05, 3.63) is 34.0 Å². The van der Waals surface area contributed by atoms with E-state index in [0.29, 0.717) is 38.5 Å². The first-order valence-electron chi connectivity index (χ1n) is 9.25. The molecule has 0 atom stereocenters. The van der Waals surface area contributed by atoms with Crippen LogP contribution in [-0.2, 0) is 11.3 Å². The summed E-state index contributed by atoms with van der Waals surface area (Å²) in [5.74, 6) is 0.0592. The van der Waals surface area contributed by atoms with Gasteiger partial charge in [0.2, 0.25) is 5.91 Å². The summed E-state index contributed by atoms with van der Waals surface area (Å²) in [5, 5.41) is 5.87. The topological polar surface area (TPSA) is 61.4 Å². The molecule has 0 aliphatic heterocycles. The SMILES string of the molecule is C=CCN(Cc1ccc(Cl)s1)C(=O)CCCNC(=O)NC1CCCCC1. The Kier molecular flexibility index (Phi) is 8.98. The van der Waals surface area contributed by atoms with E-state index >= 15 is 0 Å². The molecule has 1 aromatic rings. The molecule has 1 fully saturated rings. The second-order valence-electron chi connectivity index (χ2n) is 6.61. The van der Waals surface area contributed by atoms with Crippen molar-refractivity contribution in [2.75, 3.05) is 13.1 Å². The zero-order valence-corrected chi connectivity index (χ0v) is 16.7. The quantitative estimate of drug-likeness (QED) is 0.481. The van der Waals surface area contributed by atoms with Crippen LogP contribution in [0.4, 0.5) is 4.79 Å². The van der Waals surface area contributed by atoms with E-state index < -0.39 is 0 Å². The number of carbonyl (C=O) groups excluding carboxylic acids is 2. The monoisotopic (exact) mass is 397 g/mol. The predicted octanol–water partition coefficient (Wildman–Crippen LogP) is 4.33. The minimum absolute atomic E-state index is 0.0592. The highest BCUT2D eigenvalue weighted by Crippen LogP contribution is 2.23. The third-order valence-electron chi connectivity index (χ3n) is 4.47. The van der Waals surface area contributed by atoms with Crippen molar-refractivity contribution in [2.45, 2.75) is 57.5 Å². The lowest BCUT2D eigenvalue weighted by atomic mass is 9.96. The van der Waals surface area contributed by atoms with Gasteiger partial charge in [0.15, 0.2) is 0 Å². The Morgan fingerprint density at radius 2 is 2.08 bits per heavy atom. The molecule has 3 amide bonds. The Hall–Kier alpha value is -1.53. The van der Waals surface area contributed by atoms with Gasteiger partial charge in [-0.15, -0.1) is 17.9 Å². The lowest BCUT2D eigenvalue weighted by molar-refractivity contribution is -0.131. The minimum atomic E-state index is -0.125. The molecule has 0 unspecified atom stereocenters. The average molecular weight is 398 g/mol. The molecule has 1 aliphatic rings. The van der Waals surface area contributed by atoms with Gasteiger partial charge in [-0.25, -0.2) is 4.79 Å². The van der Waals surface area contributed by atoms with Crippen molar-refractivity contribution in [2.24, 2.45) is 0 Å². The largest absolute Gasteiger partial charge is 0.338 e. The Morgan fingerprint density at radius 1 is 1.31 bits per heavy atom. The van der Waals surface area contributed by atoms with Crippen LogP contribution in [0.5, 0.6) is 0 Å². The third kappa shape index (κ3) is 7.38. The van der Waals surface area contributed by atoms with Gasteiger partial charge < -0.3 is 15.5 Å². The molecule has 0 bridgehead atoms. The first-order valence-corrected chi connectivity index (χ1v) is 10.4. The van der Waals surface area contributed by atoms with Crippen LogP contribution in [0.3, 0.4) is 0 Å². The van der Waals surface area contributed by atoms with Gasteiger partial charge in [0.25, 0.3) is 0 Å². The van der Waals surface area contributed by atoms with Gasteiger partial charge >= 0.3 is 6.03 Å². The molecule has 0 aromatic carbocycles. The minimum Gasteiger partial charge on any atom is -0.338 e. The van der Waals surface area contributed by atoms with Crippen molar-refractivity contribution < 1.29 is 9.59 Å². The number of hydrogen-bond acceptors (Lipinski definition) is 3. The Labute approximate surface area is 164 Å². The number of amides is 3. The number of rotatable bonds is 9. The first kappa shape index (κ1) is 20.8.